The minimum absolute atomic E-state index is 0.0828. The molecule has 1 aliphatic carbocycles. The van der Waals surface area contributed by atoms with Crippen LogP contribution >= 0.6 is 0 Å². The quantitative estimate of drug-likeness (QED) is 0.911. The van der Waals surface area contributed by atoms with Crippen molar-refractivity contribution in [3.05, 3.63) is 29.6 Å². The second kappa shape index (κ2) is 5.59. The first-order valence-corrected chi connectivity index (χ1v) is 7.10. The number of aliphatic hydroxyl groups excluding tert-OH is 1. The van der Waals surface area contributed by atoms with Crippen LogP contribution in [0.1, 0.15) is 50.8 Å². The number of hydrogen-bond acceptors (Lipinski definition) is 3. The molecule has 1 aromatic heterocycles. The molecule has 106 valence electrons. The van der Waals surface area contributed by atoms with E-state index in [1.54, 1.807) is 7.11 Å². The molecule has 3 nitrogen and oxygen atoms in total. The summed E-state index contributed by atoms with van der Waals surface area (Å²) in [5.74, 6) is 0.0918. The van der Waals surface area contributed by atoms with E-state index in [1.807, 2.05) is 12.3 Å². The lowest BCUT2D eigenvalue weighted by molar-refractivity contribution is -0.0827. The molecule has 0 fully saturated rings. The molecule has 2 rings (SSSR count). The molecule has 1 aromatic rings. The molecule has 0 spiro atoms. The van der Waals surface area contributed by atoms with Crippen molar-refractivity contribution in [3.63, 3.8) is 0 Å². The normalized spacial score (nSPS) is 22.7. The van der Waals surface area contributed by atoms with Crippen LogP contribution in [-0.2, 0) is 11.2 Å². The first kappa shape index (κ1) is 14.5. The van der Waals surface area contributed by atoms with Crippen LogP contribution in [0.5, 0.6) is 0 Å². The number of pyridine rings is 1. The first-order valence-electron chi connectivity index (χ1n) is 7.10. The number of aryl methyl sites for hydroxylation is 1. The summed E-state index contributed by atoms with van der Waals surface area (Å²) in [6.45, 7) is 6.31. The molecular weight excluding hydrogens is 238 g/mol. The molecule has 1 aliphatic rings. The summed E-state index contributed by atoms with van der Waals surface area (Å²) in [7, 11) is 1.68. The minimum atomic E-state index is -0.501. The lowest BCUT2D eigenvalue weighted by atomic mass is 9.75. The van der Waals surface area contributed by atoms with Gasteiger partial charge in [0.1, 0.15) is 0 Å². The van der Waals surface area contributed by atoms with Crippen LogP contribution in [0.4, 0.5) is 0 Å². The summed E-state index contributed by atoms with van der Waals surface area (Å²) in [6, 6.07) is 4.10. The van der Waals surface area contributed by atoms with Crippen LogP contribution in [0.25, 0.3) is 0 Å². The van der Waals surface area contributed by atoms with Crippen molar-refractivity contribution in [2.24, 2.45) is 5.41 Å². The molecule has 0 amide bonds. The summed E-state index contributed by atoms with van der Waals surface area (Å²) in [5, 5.41) is 10.8. The highest BCUT2D eigenvalue weighted by molar-refractivity contribution is 5.27. The Bertz CT molecular complexity index is 425. The van der Waals surface area contributed by atoms with Gasteiger partial charge in [0.05, 0.1) is 12.2 Å². The second-order valence-electron chi connectivity index (χ2n) is 6.56. The first-order chi connectivity index (χ1) is 8.95. The standard InChI is InChI=1S/C16H25NO2/c1-16(2,3)15(19-4)14(18)12-9-5-7-11-8-6-10-17-13(11)12/h6,8,10,12,14-15,18H,5,7,9H2,1-4H3. The lowest BCUT2D eigenvalue weighted by Gasteiger charge is -2.38. The summed E-state index contributed by atoms with van der Waals surface area (Å²) in [4.78, 5) is 4.50. The van der Waals surface area contributed by atoms with Crippen molar-refractivity contribution < 1.29 is 9.84 Å². The Morgan fingerprint density at radius 3 is 2.79 bits per heavy atom. The van der Waals surface area contributed by atoms with Crippen LogP contribution < -0.4 is 0 Å². The van der Waals surface area contributed by atoms with E-state index < -0.39 is 6.10 Å². The smallest absolute Gasteiger partial charge is 0.0890 e. The van der Waals surface area contributed by atoms with Crippen LogP contribution in [0, 0.1) is 5.41 Å². The van der Waals surface area contributed by atoms with Gasteiger partial charge in [0.2, 0.25) is 0 Å². The summed E-state index contributed by atoms with van der Waals surface area (Å²) < 4.78 is 5.57. The number of rotatable bonds is 3. The lowest BCUT2D eigenvalue weighted by Crippen LogP contribution is -2.43. The van der Waals surface area contributed by atoms with E-state index in [0.717, 1.165) is 25.0 Å². The number of hydrogen-bond donors (Lipinski definition) is 1. The maximum atomic E-state index is 10.8. The van der Waals surface area contributed by atoms with Crippen molar-refractivity contribution in [1.82, 2.24) is 4.98 Å². The van der Waals surface area contributed by atoms with Gasteiger partial charge in [-0.2, -0.15) is 0 Å². The maximum absolute atomic E-state index is 10.8. The van der Waals surface area contributed by atoms with Gasteiger partial charge in [0.15, 0.2) is 0 Å². The molecule has 1 N–H and O–H groups in total. The molecule has 3 atom stereocenters. The molecule has 0 bridgehead atoms. The van der Waals surface area contributed by atoms with Gasteiger partial charge in [0, 0.05) is 24.9 Å². The molecule has 1 heterocycles. The average molecular weight is 263 g/mol. The van der Waals surface area contributed by atoms with Crippen molar-refractivity contribution in [2.45, 2.75) is 58.2 Å². The fourth-order valence-corrected chi connectivity index (χ4v) is 3.19. The minimum Gasteiger partial charge on any atom is -0.390 e. The molecule has 3 heteroatoms. The number of methoxy groups -OCH3 is 1. The van der Waals surface area contributed by atoms with Gasteiger partial charge >= 0.3 is 0 Å². The highest BCUT2D eigenvalue weighted by Crippen LogP contribution is 2.37. The predicted molar refractivity (Wildman–Crippen MR) is 76.2 cm³/mol. The molecule has 0 aromatic carbocycles. The number of aromatic nitrogens is 1. The van der Waals surface area contributed by atoms with Gasteiger partial charge in [-0.15, -0.1) is 0 Å². The number of nitrogens with zero attached hydrogens (tertiary/aromatic N) is 1. The topological polar surface area (TPSA) is 42.4 Å². The third-order valence-corrected chi connectivity index (χ3v) is 4.07. The van der Waals surface area contributed by atoms with E-state index >= 15 is 0 Å². The number of ether oxygens (including phenoxy) is 1. The zero-order chi connectivity index (χ0) is 14.0. The second-order valence-corrected chi connectivity index (χ2v) is 6.56. The van der Waals surface area contributed by atoms with Gasteiger partial charge in [-0.1, -0.05) is 26.8 Å². The van der Waals surface area contributed by atoms with E-state index in [-0.39, 0.29) is 17.4 Å². The van der Waals surface area contributed by atoms with Crippen LogP contribution in [0.3, 0.4) is 0 Å². The highest BCUT2D eigenvalue weighted by Gasteiger charge is 2.38. The zero-order valence-electron chi connectivity index (χ0n) is 12.4. The van der Waals surface area contributed by atoms with Crippen molar-refractivity contribution in [2.75, 3.05) is 7.11 Å². The Morgan fingerprint density at radius 2 is 2.16 bits per heavy atom. The van der Waals surface area contributed by atoms with E-state index in [1.165, 1.54) is 5.56 Å². The van der Waals surface area contributed by atoms with Crippen LogP contribution in [-0.4, -0.2) is 29.4 Å². The van der Waals surface area contributed by atoms with Gasteiger partial charge in [-0.25, -0.2) is 0 Å². The fraction of sp³-hybridized carbons (Fsp3) is 0.688. The zero-order valence-corrected chi connectivity index (χ0v) is 12.4. The molecule has 0 saturated heterocycles. The highest BCUT2D eigenvalue weighted by atomic mass is 16.5. The average Bonchev–Trinajstić information content (AvgIpc) is 2.37. The summed E-state index contributed by atoms with van der Waals surface area (Å²) >= 11 is 0. The fourth-order valence-electron chi connectivity index (χ4n) is 3.19. The Hall–Kier alpha value is -0.930. The van der Waals surface area contributed by atoms with E-state index in [0.29, 0.717) is 0 Å². The third-order valence-electron chi connectivity index (χ3n) is 4.07. The van der Waals surface area contributed by atoms with E-state index in [2.05, 4.69) is 31.8 Å². The molecular formula is C16H25NO2. The Labute approximate surface area is 116 Å². The number of aliphatic hydroxyl groups is 1. The van der Waals surface area contributed by atoms with Gasteiger partial charge < -0.3 is 9.84 Å². The molecule has 19 heavy (non-hydrogen) atoms. The summed E-state index contributed by atoms with van der Waals surface area (Å²) in [6.07, 6.45) is 4.31. The van der Waals surface area contributed by atoms with Gasteiger partial charge in [0.25, 0.3) is 0 Å². The van der Waals surface area contributed by atoms with Crippen LogP contribution in [0.2, 0.25) is 0 Å². The molecule has 0 saturated carbocycles. The predicted octanol–water partition coefficient (Wildman–Crippen LogP) is 2.92. The Morgan fingerprint density at radius 1 is 1.42 bits per heavy atom. The maximum Gasteiger partial charge on any atom is 0.0890 e. The third kappa shape index (κ3) is 2.98. The molecule has 3 unspecified atom stereocenters. The van der Waals surface area contributed by atoms with Gasteiger partial charge in [-0.3, -0.25) is 4.98 Å². The van der Waals surface area contributed by atoms with Crippen LogP contribution in [0.15, 0.2) is 18.3 Å². The van der Waals surface area contributed by atoms with Crippen molar-refractivity contribution >= 4 is 0 Å². The largest absolute Gasteiger partial charge is 0.390 e. The van der Waals surface area contributed by atoms with Crippen molar-refractivity contribution in [3.8, 4) is 0 Å². The Kier molecular flexibility index (Phi) is 4.26. The van der Waals surface area contributed by atoms with Gasteiger partial charge in [-0.05, 0) is 36.3 Å². The monoisotopic (exact) mass is 263 g/mol. The van der Waals surface area contributed by atoms with Crippen molar-refractivity contribution in [1.29, 1.82) is 0 Å². The molecule has 0 radical (unpaired) electrons. The van der Waals surface area contributed by atoms with E-state index in [9.17, 15) is 5.11 Å². The summed E-state index contributed by atoms with van der Waals surface area (Å²) in [5.41, 5.74) is 2.26. The van der Waals surface area contributed by atoms with E-state index in [4.69, 9.17) is 4.74 Å². The SMILES string of the molecule is COC(C(O)C1CCCc2cccnc21)C(C)(C)C. The Balaban J connectivity index is 2.27. The number of fused-ring (bicyclic) bond motifs is 1. The molecule has 0 aliphatic heterocycles.